The Morgan fingerprint density at radius 3 is 2.36 bits per heavy atom. The first-order chi connectivity index (χ1) is 15.7. The van der Waals surface area contributed by atoms with Crippen molar-refractivity contribution in [1.29, 1.82) is 0 Å². The Balaban J connectivity index is 0.000000244. The van der Waals surface area contributed by atoms with E-state index in [9.17, 15) is 22.0 Å². The zero-order valence-electron chi connectivity index (χ0n) is 17.9. The monoisotopic (exact) mass is 472 g/mol. The molecule has 4 aliphatic rings. The number of aromatic nitrogens is 2. The summed E-state index contributed by atoms with van der Waals surface area (Å²) in [6.07, 6.45) is 2.08. The molecule has 2 aromatic rings. The van der Waals surface area contributed by atoms with Crippen molar-refractivity contribution in [2.75, 3.05) is 37.8 Å². The molecule has 33 heavy (non-hydrogen) atoms. The van der Waals surface area contributed by atoms with Crippen LogP contribution in [-0.4, -0.2) is 55.6 Å². The average Bonchev–Trinajstić information content (AvgIpc) is 3.28. The molecule has 0 spiro atoms. The number of nitrogens with zero attached hydrogens (tertiary/aromatic N) is 3. The van der Waals surface area contributed by atoms with Gasteiger partial charge in [-0.25, -0.2) is 9.97 Å². The maximum atomic E-state index is 14.3. The summed E-state index contributed by atoms with van der Waals surface area (Å²) in [5.41, 5.74) is 8.39. The van der Waals surface area contributed by atoms with Crippen LogP contribution in [0.5, 0.6) is 5.75 Å². The Labute approximate surface area is 187 Å². The highest BCUT2D eigenvalue weighted by Gasteiger charge is 2.43. The summed E-state index contributed by atoms with van der Waals surface area (Å²) in [6, 6.07) is 6.26. The van der Waals surface area contributed by atoms with Crippen molar-refractivity contribution in [3.63, 3.8) is 0 Å². The number of ether oxygens (including phenoxy) is 2. The molecule has 1 aliphatic carbocycles. The van der Waals surface area contributed by atoms with Gasteiger partial charge >= 0.3 is 6.68 Å². The highest BCUT2D eigenvalue weighted by atomic mass is 19.4. The first-order valence-corrected chi connectivity index (χ1v) is 10.8. The van der Waals surface area contributed by atoms with Crippen LogP contribution in [0.3, 0.4) is 0 Å². The van der Waals surface area contributed by atoms with Gasteiger partial charge in [-0.1, -0.05) is 12.1 Å². The number of benzene rings is 1. The van der Waals surface area contributed by atoms with E-state index >= 15 is 0 Å². The van der Waals surface area contributed by atoms with Crippen LogP contribution < -0.4 is 15.4 Å². The van der Waals surface area contributed by atoms with Gasteiger partial charge in [0.05, 0.1) is 31.6 Å². The lowest BCUT2D eigenvalue weighted by Gasteiger charge is -2.31. The molecule has 0 amide bonds. The Morgan fingerprint density at radius 2 is 1.79 bits per heavy atom. The van der Waals surface area contributed by atoms with Gasteiger partial charge in [0.1, 0.15) is 11.4 Å². The normalized spacial score (nSPS) is 19.8. The van der Waals surface area contributed by atoms with Crippen LogP contribution in [0.15, 0.2) is 18.2 Å². The zero-order valence-corrected chi connectivity index (χ0v) is 17.9. The summed E-state index contributed by atoms with van der Waals surface area (Å²) in [7, 11) is 0. The molecule has 2 N–H and O–H groups in total. The zero-order chi connectivity index (χ0) is 23.6. The van der Waals surface area contributed by atoms with Crippen LogP contribution in [0.2, 0.25) is 0 Å². The van der Waals surface area contributed by atoms with E-state index in [0.29, 0.717) is 36.3 Å². The SMILES string of the molecule is FC(F)F.FC1(F)CCc2c(-c3ccc4c(c3)OCC4)nc(N3CCC3)nc21.NC1COC1. The van der Waals surface area contributed by atoms with E-state index in [4.69, 9.17) is 15.2 Å². The second-order valence-electron chi connectivity index (χ2n) is 8.21. The maximum absolute atomic E-state index is 14.3. The predicted molar refractivity (Wildman–Crippen MR) is 112 cm³/mol. The summed E-state index contributed by atoms with van der Waals surface area (Å²) in [4.78, 5) is 10.8. The number of anilines is 1. The molecule has 1 aromatic heterocycles. The van der Waals surface area contributed by atoms with Gasteiger partial charge in [-0.2, -0.15) is 22.0 Å². The maximum Gasteiger partial charge on any atom is 0.379 e. The molecule has 2 fully saturated rings. The number of halogens is 5. The summed E-state index contributed by atoms with van der Waals surface area (Å²) in [6.45, 7) is 0.200. The molecule has 2 saturated heterocycles. The molecular formula is C22H25F5N4O2. The third kappa shape index (κ3) is 5.35. The Kier molecular flexibility index (Phi) is 6.99. The Morgan fingerprint density at radius 1 is 1.09 bits per heavy atom. The molecule has 11 heteroatoms. The van der Waals surface area contributed by atoms with Gasteiger partial charge in [0.25, 0.3) is 5.92 Å². The van der Waals surface area contributed by atoms with Crippen LogP contribution in [0.4, 0.5) is 27.9 Å². The summed E-state index contributed by atoms with van der Waals surface area (Å²) >= 11 is 0. The van der Waals surface area contributed by atoms with E-state index in [0.717, 1.165) is 56.0 Å². The number of fused-ring (bicyclic) bond motifs is 2. The van der Waals surface area contributed by atoms with Crippen molar-refractivity contribution < 1.29 is 31.4 Å². The fourth-order valence-electron chi connectivity index (χ4n) is 3.88. The molecule has 0 radical (unpaired) electrons. The smallest absolute Gasteiger partial charge is 0.379 e. The molecule has 3 aliphatic heterocycles. The number of hydrogen-bond donors (Lipinski definition) is 1. The fourth-order valence-corrected chi connectivity index (χ4v) is 3.88. The average molecular weight is 472 g/mol. The molecule has 0 saturated carbocycles. The van der Waals surface area contributed by atoms with Crippen molar-refractivity contribution in [1.82, 2.24) is 9.97 Å². The third-order valence-electron chi connectivity index (χ3n) is 5.80. The van der Waals surface area contributed by atoms with Gasteiger partial charge < -0.3 is 20.1 Å². The first kappa shape index (κ1) is 23.6. The van der Waals surface area contributed by atoms with Crippen LogP contribution in [0.25, 0.3) is 11.3 Å². The van der Waals surface area contributed by atoms with Crippen LogP contribution in [0, 0.1) is 0 Å². The second-order valence-corrected chi connectivity index (χ2v) is 8.21. The van der Waals surface area contributed by atoms with E-state index < -0.39 is 12.6 Å². The Hall–Kier alpha value is -2.53. The fraction of sp³-hybridized carbons (Fsp3) is 0.545. The molecule has 180 valence electrons. The van der Waals surface area contributed by atoms with E-state index in [1.165, 1.54) is 0 Å². The van der Waals surface area contributed by atoms with Gasteiger partial charge in [-0.3, -0.25) is 0 Å². The minimum atomic E-state index is -3.67. The van der Waals surface area contributed by atoms with Gasteiger partial charge in [-0.05, 0) is 24.5 Å². The minimum Gasteiger partial charge on any atom is -0.493 e. The van der Waals surface area contributed by atoms with E-state index in [2.05, 4.69) is 9.97 Å². The highest BCUT2D eigenvalue weighted by Crippen LogP contribution is 2.45. The minimum absolute atomic E-state index is 0.0872. The largest absolute Gasteiger partial charge is 0.493 e. The summed E-state index contributed by atoms with van der Waals surface area (Å²) in [5.74, 6) is -1.59. The van der Waals surface area contributed by atoms with E-state index in [1.54, 1.807) is 0 Å². The van der Waals surface area contributed by atoms with Crippen molar-refractivity contribution in [2.24, 2.45) is 5.73 Å². The Bertz CT molecular complexity index is 981. The van der Waals surface area contributed by atoms with E-state index in [1.807, 2.05) is 23.1 Å². The second kappa shape index (κ2) is 9.76. The van der Waals surface area contributed by atoms with Gasteiger partial charge in [0.15, 0.2) is 0 Å². The van der Waals surface area contributed by atoms with Gasteiger partial charge in [-0.15, -0.1) is 0 Å². The molecule has 0 unspecified atom stereocenters. The quantitative estimate of drug-likeness (QED) is 0.670. The number of hydrogen-bond acceptors (Lipinski definition) is 6. The van der Waals surface area contributed by atoms with Crippen molar-refractivity contribution in [3.05, 3.63) is 35.0 Å². The molecule has 0 atom stereocenters. The lowest BCUT2D eigenvalue weighted by atomic mass is 10.0. The standard InChI is InChI=1S/C18H17F2N3O.C3H7NO.CHF3/c19-18(20)6-4-13-15(12-3-2-11-5-9-24-14(11)10-12)21-17(22-16(13)18)23-7-1-8-23;4-3-1-5-2-3;2-1(3)4/h2-3,10H,1,4-9H2;3H,1-2,4H2;1H. The summed E-state index contributed by atoms with van der Waals surface area (Å²) in [5, 5.41) is 0. The van der Waals surface area contributed by atoms with Gasteiger partial charge in [0, 0.05) is 37.1 Å². The van der Waals surface area contributed by atoms with Crippen LogP contribution in [0.1, 0.15) is 29.7 Å². The van der Waals surface area contributed by atoms with Crippen LogP contribution in [-0.2, 0) is 23.5 Å². The molecule has 0 bridgehead atoms. The predicted octanol–water partition coefficient (Wildman–Crippen LogP) is 3.85. The third-order valence-corrected chi connectivity index (χ3v) is 5.80. The van der Waals surface area contributed by atoms with Crippen LogP contribution >= 0.6 is 0 Å². The first-order valence-electron chi connectivity index (χ1n) is 10.8. The van der Waals surface area contributed by atoms with Crippen molar-refractivity contribution in [2.45, 2.75) is 44.3 Å². The van der Waals surface area contributed by atoms with Crippen molar-refractivity contribution >= 4 is 5.95 Å². The van der Waals surface area contributed by atoms with Crippen molar-refractivity contribution in [3.8, 4) is 17.0 Å². The van der Waals surface area contributed by atoms with E-state index in [-0.39, 0.29) is 12.1 Å². The lowest BCUT2D eigenvalue weighted by Crippen LogP contribution is -2.41. The molecule has 6 nitrogen and oxygen atoms in total. The molecular weight excluding hydrogens is 447 g/mol. The number of alkyl halides is 5. The molecule has 1 aromatic carbocycles. The van der Waals surface area contributed by atoms with Gasteiger partial charge in [0.2, 0.25) is 5.95 Å². The highest BCUT2D eigenvalue weighted by molar-refractivity contribution is 5.69. The molecule has 4 heterocycles. The molecule has 6 rings (SSSR count). The number of rotatable bonds is 2. The number of nitrogens with two attached hydrogens (primary N) is 1. The summed E-state index contributed by atoms with van der Waals surface area (Å²) < 4.78 is 67.9. The lowest BCUT2D eigenvalue weighted by molar-refractivity contribution is -0.00596. The topological polar surface area (TPSA) is 73.5 Å².